The Morgan fingerprint density at radius 1 is 1.33 bits per heavy atom. The fraction of sp³-hybridized carbons (Fsp3) is 0.333. The number of aromatic nitrogens is 4. The fourth-order valence-electron chi connectivity index (χ4n) is 1.58. The van der Waals surface area contributed by atoms with Gasteiger partial charge in [-0.05, 0) is 0 Å². The molecule has 21 heavy (non-hydrogen) atoms. The summed E-state index contributed by atoms with van der Waals surface area (Å²) in [5, 5.41) is 11.8. The number of carboxylic acid groups (broad SMARTS) is 1. The Labute approximate surface area is 120 Å². The van der Waals surface area contributed by atoms with Crippen LogP contribution in [0.1, 0.15) is 10.5 Å². The summed E-state index contributed by atoms with van der Waals surface area (Å²) in [5.41, 5.74) is 0.00861. The zero-order chi connectivity index (χ0) is 15.2. The number of ether oxygens (including phenoxy) is 2. The highest BCUT2D eigenvalue weighted by atomic mass is 16.5. The van der Waals surface area contributed by atoms with Crippen LogP contribution in [0.2, 0.25) is 0 Å². The second-order valence-corrected chi connectivity index (χ2v) is 4.00. The Bertz CT molecular complexity index is 606. The molecule has 9 nitrogen and oxygen atoms in total. The largest absolute Gasteiger partial charge is 0.481 e. The number of methoxy groups -OCH3 is 2. The van der Waals surface area contributed by atoms with Gasteiger partial charge in [0.1, 0.15) is 0 Å². The van der Waals surface area contributed by atoms with Crippen LogP contribution in [0.5, 0.6) is 11.8 Å². The van der Waals surface area contributed by atoms with Gasteiger partial charge in [0, 0.05) is 19.3 Å². The average Bonchev–Trinajstić information content (AvgIpc) is 2.96. The zero-order valence-electron chi connectivity index (χ0n) is 11.6. The Balaban J connectivity index is 1.94. The number of imidazole rings is 1. The number of nitrogens with zero attached hydrogens (tertiary/aromatic N) is 4. The summed E-state index contributed by atoms with van der Waals surface area (Å²) in [5.74, 6) is 0.0904. The third kappa shape index (κ3) is 3.81. The normalized spacial score (nSPS) is 10.2. The predicted molar refractivity (Wildman–Crippen MR) is 72.8 cm³/mol. The first-order valence-electron chi connectivity index (χ1n) is 6.08. The van der Waals surface area contributed by atoms with Crippen molar-refractivity contribution in [2.24, 2.45) is 0 Å². The quantitative estimate of drug-likeness (QED) is 0.759. The van der Waals surface area contributed by atoms with E-state index in [9.17, 15) is 4.79 Å². The molecule has 0 radical (unpaired) electrons. The SMILES string of the molecule is COc1cc(OC)nc(NCCn2cnc(C(=O)O)c2)n1. The fourth-order valence-corrected chi connectivity index (χ4v) is 1.58. The molecular formula is C12H15N5O4. The standard InChI is InChI=1S/C12H15N5O4/c1-20-9-5-10(21-2)16-12(15-9)13-3-4-17-6-8(11(18)19)14-7-17/h5-7H,3-4H2,1-2H3,(H,18,19)(H,13,15,16). The molecule has 0 bridgehead atoms. The van der Waals surface area contributed by atoms with E-state index in [0.717, 1.165) is 0 Å². The summed E-state index contributed by atoms with van der Waals surface area (Å²) in [6.45, 7) is 1.01. The van der Waals surface area contributed by atoms with Gasteiger partial charge in [-0.3, -0.25) is 0 Å². The molecule has 0 aliphatic carbocycles. The topological polar surface area (TPSA) is 111 Å². The van der Waals surface area contributed by atoms with E-state index in [4.69, 9.17) is 14.6 Å². The van der Waals surface area contributed by atoms with E-state index in [1.165, 1.54) is 26.7 Å². The van der Waals surface area contributed by atoms with E-state index in [1.54, 1.807) is 10.6 Å². The molecule has 2 rings (SSSR count). The molecule has 0 saturated heterocycles. The molecule has 0 fully saturated rings. The number of hydrogen-bond acceptors (Lipinski definition) is 7. The molecule has 0 aliphatic rings. The van der Waals surface area contributed by atoms with Gasteiger partial charge in [0.05, 0.1) is 26.6 Å². The van der Waals surface area contributed by atoms with Gasteiger partial charge < -0.3 is 24.5 Å². The second kappa shape index (κ2) is 6.55. The molecular weight excluding hydrogens is 278 g/mol. The van der Waals surface area contributed by atoms with Crippen molar-refractivity contribution in [3.05, 3.63) is 24.3 Å². The van der Waals surface area contributed by atoms with Crippen molar-refractivity contribution in [2.75, 3.05) is 26.1 Å². The molecule has 0 aliphatic heterocycles. The molecule has 0 saturated carbocycles. The lowest BCUT2D eigenvalue weighted by Gasteiger charge is -2.08. The van der Waals surface area contributed by atoms with Crippen molar-refractivity contribution in [2.45, 2.75) is 6.54 Å². The maximum absolute atomic E-state index is 10.7. The number of rotatable bonds is 7. The Morgan fingerprint density at radius 2 is 2.00 bits per heavy atom. The first-order valence-corrected chi connectivity index (χ1v) is 6.08. The Morgan fingerprint density at radius 3 is 2.52 bits per heavy atom. The van der Waals surface area contributed by atoms with Crippen LogP contribution in [0.3, 0.4) is 0 Å². The molecule has 0 atom stereocenters. The molecule has 2 aromatic rings. The highest BCUT2D eigenvalue weighted by Gasteiger charge is 2.07. The molecule has 0 unspecified atom stereocenters. The van der Waals surface area contributed by atoms with Gasteiger partial charge in [-0.2, -0.15) is 9.97 Å². The highest BCUT2D eigenvalue weighted by molar-refractivity contribution is 5.84. The van der Waals surface area contributed by atoms with E-state index in [1.807, 2.05) is 0 Å². The van der Waals surface area contributed by atoms with Gasteiger partial charge in [0.2, 0.25) is 17.7 Å². The summed E-state index contributed by atoms with van der Waals surface area (Å²) in [4.78, 5) is 22.7. The van der Waals surface area contributed by atoms with Crippen LogP contribution in [-0.4, -0.2) is 51.4 Å². The molecule has 0 amide bonds. The van der Waals surface area contributed by atoms with E-state index in [-0.39, 0.29) is 5.69 Å². The molecule has 112 valence electrons. The molecule has 2 N–H and O–H groups in total. The van der Waals surface area contributed by atoms with Crippen LogP contribution in [0, 0.1) is 0 Å². The van der Waals surface area contributed by atoms with Crippen molar-refractivity contribution in [1.29, 1.82) is 0 Å². The molecule has 2 heterocycles. The summed E-state index contributed by atoms with van der Waals surface area (Å²) in [6, 6.07) is 1.57. The van der Waals surface area contributed by atoms with Gasteiger partial charge in [-0.25, -0.2) is 9.78 Å². The monoisotopic (exact) mass is 293 g/mol. The van der Waals surface area contributed by atoms with E-state index in [2.05, 4.69) is 20.3 Å². The van der Waals surface area contributed by atoms with Crippen LogP contribution in [0.15, 0.2) is 18.6 Å². The number of aromatic carboxylic acids is 1. The maximum atomic E-state index is 10.7. The Hall–Kier alpha value is -2.84. The third-order valence-electron chi connectivity index (χ3n) is 2.60. The summed E-state index contributed by atoms with van der Waals surface area (Å²) in [6.07, 6.45) is 2.91. The zero-order valence-corrected chi connectivity index (χ0v) is 11.6. The van der Waals surface area contributed by atoms with Crippen LogP contribution in [0.4, 0.5) is 5.95 Å². The van der Waals surface area contributed by atoms with Crippen molar-refractivity contribution >= 4 is 11.9 Å². The lowest BCUT2D eigenvalue weighted by Crippen LogP contribution is -2.12. The minimum absolute atomic E-state index is 0.00861. The lowest BCUT2D eigenvalue weighted by atomic mass is 10.5. The van der Waals surface area contributed by atoms with Crippen LogP contribution in [-0.2, 0) is 6.54 Å². The van der Waals surface area contributed by atoms with Crippen molar-refractivity contribution in [1.82, 2.24) is 19.5 Å². The van der Waals surface area contributed by atoms with Crippen LogP contribution >= 0.6 is 0 Å². The number of carboxylic acids is 1. The van der Waals surface area contributed by atoms with Gasteiger partial charge >= 0.3 is 5.97 Å². The molecule has 9 heteroatoms. The smallest absolute Gasteiger partial charge is 0.356 e. The minimum atomic E-state index is -1.05. The van der Waals surface area contributed by atoms with E-state index >= 15 is 0 Å². The Kier molecular flexibility index (Phi) is 4.54. The number of carbonyl (C=O) groups is 1. The summed E-state index contributed by atoms with van der Waals surface area (Å²) in [7, 11) is 3.01. The number of nitrogens with one attached hydrogen (secondary N) is 1. The first-order chi connectivity index (χ1) is 10.1. The van der Waals surface area contributed by atoms with Gasteiger partial charge in [0.25, 0.3) is 0 Å². The average molecular weight is 293 g/mol. The first kappa shape index (κ1) is 14.6. The molecule has 0 spiro atoms. The van der Waals surface area contributed by atoms with E-state index < -0.39 is 5.97 Å². The number of hydrogen-bond donors (Lipinski definition) is 2. The maximum Gasteiger partial charge on any atom is 0.356 e. The van der Waals surface area contributed by atoms with Gasteiger partial charge in [-0.1, -0.05) is 0 Å². The highest BCUT2D eigenvalue weighted by Crippen LogP contribution is 2.16. The van der Waals surface area contributed by atoms with E-state index in [0.29, 0.717) is 30.8 Å². The summed E-state index contributed by atoms with van der Waals surface area (Å²) >= 11 is 0. The summed E-state index contributed by atoms with van der Waals surface area (Å²) < 4.78 is 11.7. The predicted octanol–water partition coefficient (Wildman–Crippen LogP) is 0.501. The molecule has 0 aromatic carbocycles. The van der Waals surface area contributed by atoms with Crippen molar-refractivity contribution < 1.29 is 19.4 Å². The van der Waals surface area contributed by atoms with Gasteiger partial charge in [0.15, 0.2) is 5.69 Å². The second-order valence-electron chi connectivity index (χ2n) is 4.00. The van der Waals surface area contributed by atoms with Crippen molar-refractivity contribution in [3.8, 4) is 11.8 Å². The lowest BCUT2D eigenvalue weighted by molar-refractivity contribution is 0.0691. The molecule has 2 aromatic heterocycles. The van der Waals surface area contributed by atoms with Gasteiger partial charge in [-0.15, -0.1) is 0 Å². The number of anilines is 1. The third-order valence-corrected chi connectivity index (χ3v) is 2.60. The van der Waals surface area contributed by atoms with Crippen molar-refractivity contribution in [3.63, 3.8) is 0 Å². The van der Waals surface area contributed by atoms with Crippen LogP contribution < -0.4 is 14.8 Å². The van der Waals surface area contributed by atoms with Crippen LogP contribution in [0.25, 0.3) is 0 Å². The minimum Gasteiger partial charge on any atom is -0.481 e.